The van der Waals surface area contributed by atoms with Crippen molar-refractivity contribution in [2.75, 3.05) is 43.4 Å². The molecule has 1 saturated heterocycles. The van der Waals surface area contributed by atoms with Crippen molar-refractivity contribution in [1.82, 2.24) is 15.1 Å². The van der Waals surface area contributed by atoms with E-state index in [1.54, 1.807) is 24.1 Å². The number of hydrogen-bond acceptors (Lipinski definition) is 4. The fourth-order valence-corrected chi connectivity index (χ4v) is 5.69. The van der Waals surface area contributed by atoms with Crippen molar-refractivity contribution >= 4 is 29.2 Å². The van der Waals surface area contributed by atoms with E-state index in [1.807, 2.05) is 41.3 Å². The number of benzene rings is 3. The zero-order chi connectivity index (χ0) is 29.5. The molecule has 5 rings (SSSR count). The Morgan fingerprint density at radius 3 is 2.33 bits per heavy atom. The highest BCUT2D eigenvalue weighted by Crippen LogP contribution is 2.28. The van der Waals surface area contributed by atoms with Crippen molar-refractivity contribution in [2.45, 2.75) is 44.7 Å². The first-order valence-electron chi connectivity index (χ1n) is 14.7. The maximum absolute atomic E-state index is 13.8. The zero-order valence-electron chi connectivity index (χ0n) is 24.0. The smallest absolute Gasteiger partial charge is 0.317 e. The molecule has 0 spiro atoms. The Morgan fingerprint density at radius 2 is 1.62 bits per heavy atom. The molecule has 0 atom stereocenters. The van der Waals surface area contributed by atoms with Crippen LogP contribution in [-0.2, 0) is 6.54 Å². The molecule has 1 heterocycles. The monoisotopic (exact) mass is 571 g/mol. The number of piperazine rings is 1. The molecule has 2 fully saturated rings. The minimum atomic E-state index is -0.497. The predicted octanol–water partition coefficient (Wildman–Crippen LogP) is 5.51. The summed E-state index contributed by atoms with van der Waals surface area (Å²) < 4.78 is 13.7. The second kappa shape index (κ2) is 13.5. The first-order valence-corrected chi connectivity index (χ1v) is 14.7. The van der Waals surface area contributed by atoms with Crippen molar-refractivity contribution in [3.63, 3.8) is 0 Å². The Labute approximate surface area is 246 Å². The van der Waals surface area contributed by atoms with Crippen molar-refractivity contribution in [2.24, 2.45) is 0 Å². The highest BCUT2D eigenvalue weighted by atomic mass is 19.1. The molecule has 1 aliphatic carbocycles. The van der Waals surface area contributed by atoms with Gasteiger partial charge in [0.15, 0.2) is 0 Å². The van der Waals surface area contributed by atoms with Gasteiger partial charge in [-0.1, -0.05) is 55.7 Å². The highest BCUT2D eigenvalue weighted by molar-refractivity contribution is 6.06. The molecule has 1 saturated carbocycles. The van der Waals surface area contributed by atoms with Crippen LogP contribution in [0.15, 0.2) is 72.8 Å². The summed E-state index contributed by atoms with van der Waals surface area (Å²) in [4.78, 5) is 45.2. The number of carbonyl (C=O) groups is 3. The van der Waals surface area contributed by atoms with Crippen LogP contribution in [0.5, 0.6) is 0 Å². The molecule has 220 valence electrons. The molecule has 4 amide bonds. The summed E-state index contributed by atoms with van der Waals surface area (Å²) in [6, 6.07) is 20.7. The van der Waals surface area contributed by atoms with Crippen molar-refractivity contribution < 1.29 is 18.8 Å². The summed E-state index contributed by atoms with van der Waals surface area (Å²) in [5.41, 5.74) is 2.83. The summed E-state index contributed by atoms with van der Waals surface area (Å²) in [6.07, 6.45) is 5.63. The SMILES string of the molecule is CN(Cc1ccccc1)C(=O)c1cc(NC(=O)c2cccc(F)c2)ccc1N1CCN(C(=O)NC2CCCCC2)CC1. The lowest BCUT2D eigenvalue weighted by atomic mass is 9.96. The summed E-state index contributed by atoms with van der Waals surface area (Å²) >= 11 is 0. The van der Waals surface area contributed by atoms with E-state index in [4.69, 9.17) is 0 Å². The summed E-state index contributed by atoms with van der Waals surface area (Å²) in [5, 5.41) is 6.00. The number of halogens is 1. The topological polar surface area (TPSA) is 85.0 Å². The summed E-state index contributed by atoms with van der Waals surface area (Å²) in [7, 11) is 1.75. The number of hydrogen-bond donors (Lipinski definition) is 2. The number of anilines is 2. The second-order valence-electron chi connectivity index (χ2n) is 11.1. The molecule has 8 nitrogen and oxygen atoms in total. The van der Waals surface area contributed by atoms with Gasteiger partial charge in [-0.25, -0.2) is 9.18 Å². The molecular weight excluding hydrogens is 533 g/mol. The molecule has 3 aromatic rings. The Bertz CT molecular complexity index is 1400. The van der Waals surface area contributed by atoms with Crippen LogP contribution in [0.3, 0.4) is 0 Å². The third-order valence-corrected chi connectivity index (χ3v) is 8.02. The third kappa shape index (κ3) is 7.26. The lowest BCUT2D eigenvalue weighted by Gasteiger charge is -2.38. The van der Waals surface area contributed by atoms with Gasteiger partial charge < -0.3 is 25.3 Å². The van der Waals surface area contributed by atoms with E-state index in [1.165, 1.54) is 30.7 Å². The lowest BCUT2D eigenvalue weighted by Crippen LogP contribution is -2.54. The molecule has 2 aliphatic rings. The molecule has 0 bridgehead atoms. The molecular formula is C33H38FN5O3. The molecule has 0 radical (unpaired) electrons. The largest absolute Gasteiger partial charge is 0.367 e. The first-order chi connectivity index (χ1) is 20.4. The van der Waals surface area contributed by atoms with Gasteiger partial charge >= 0.3 is 6.03 Å². The number of amides is 4. The van der Waals surface area contributed by atoms with Crippen molar-refractivity contribution in [1.29, 1.82) is 0 Å². The minimum absolute atomic E-state index is 0.0177. The third-order valence-electron chi connectivity index (χ3n) is 8.02. The van der Waals surface area contributed by atoms with Gasteiger partial charge in [-0.05, 0) is 54.8 Å². The van der Waals surface area contributed by atoms with Crippen LogP contribution >= 0.6 is 0 Å². The zero-order valence-corrected chi connectivity index (χ0v) is 24.0. The van der Waals surface area contributed by atoms with Gasteiger partial charge in [0.25, 0.3) is 11.8 Å². The van der Waals surface area contributed by atoms with Crippen molar-refractivity contribution in [3.8, 4) is 0 Å². The molecule has 1 aliphatic heterocycles. The Morgan fingerprint density at radius 1 is 0.881 bits per heavy atom. The lowest BCUT2D eigenvalue weighted by molar-refractivity contribution is 0.0785. The van der Waals surface area contributed by atoms with Crippen LogP contribution < -0.4 is 15.5 Å². The summed E-state index contributed by atoms with van der Waals surface area (Å²) in [5.74, 6) is -1.15. The minimum Gasteiger partial charge on any atom is -0.367 e. The van der Waals surface area contributed by atoms with Crippen LogP contribution in [0, 0.1) is 5.82 Å². The Hall–Kier alpha value is -4.40. The normalized spacial score (nSPS) is 15.7. The first kappa shape index (κ1) is 29.1. The van der Waals surface area contributed by atoms with Gasteiger partial charge in [0.05, 0.1) is 5.56 Å². The number of rotatable bonds is 7. The van der Waals surface area contributed by atoms with E-state index < -0.39 is 11.7 Å². The maximum Gasteiger partial charge on any atom is 0.317 e. The van der Waals surface area contributed by atoms with Gasteiger partial charge in [-0.2, -0.15) is 0 Å². The number of nitrogens with one attached hydrogen (secondary N) is 2. The second-order valence-corrected chi connectivity index (χ2v) is 11.1. The van der Waals surface area contributed by atoms with Crippen LogP contribution in [0.2, 0.25) is 0 Å². The van der Waals surface area contributed by atoms with Crippen molar-refractivity contribution in [3.05, 3.63) is 95.3 Å². The van der Waals surface area contributed by atoms with E-state index in [9.17, 15) is 18.8 Å². The van der Waals surface area contributed by atoms with Gasteiger partial charge in [-0.15, -0.1) is 0 Å². The van der Waals surface area contributed by atoms with E-state index >= 15 is 0 Å². The highest BCUT2D eigenvalue weighted by Gasteiger charge is 2.27. The number of carbonyl (C=O) groups excluding carboxylic acids is 3. The fourth-order valence-electron chi connectivity index (χ4n) is 5.69. The van der Waals surface area contributed by atoms with Gasteiger partial charge in [0.1, 0.15) is 5.82 Å². The Kier molecular flexibility index (Phi) is 9.36. The molecule has 0 aromatic heterocycles. The predicted molar refractivity (Wildman–Crippen MR) is 162 cm³/mol. The van der Waals surface area contributed by atoms with Gasteiger partial charge in [0, 0.05) is 62.8 Å². The van der Waals surface area contributed by atoms with Gasteiger partial charge in [-0.3, -0.25) is 9.59 Å². The molecule has 2 N–H and O–H groups in total. The van der Waals surface area contributed by atoms with E-state index in [0.717, 1.165) is 36.9 Å². The van der Waals surface area contributed by atoms with E-state index in [2.05, 4.69) is 15.5 Å². The quantitative estimate of drug-likeness (QED) is 0.392. The molecule has 0 unspecified atom stereocenters. The average molecular weight is 572 g/mol. The number of nitrogens with zero attached hydrogens (tertiary/aromatic N) is 3. The standard InChI is InChI=1S/C33H38FN5O3/c1-37(23-24-9-4-2-5-10-24)32(41)29-22-28(35-31(40)25-11-8-12-26(34)21-25)15-16-30(29)38-17-19-39(20-18-38)33(42)36-27-13-6-3-7-14-27/h2,4-5,8-12,15-16,21-22,27H,3,6-7,13-14,17-20,23H2,1H3,(H,35,40)(H,36,42). The van der Waals surface area contributed by atoms with Crippen LogP contribution in [0.1, 0.15) is 58.4 Å². The Balaban J connectivity index is 1.33. The van der Waals surface area contributed by atoms with Gasteiger partial charge in [0.2, 0.25) is 0 Å². The molecule has 9 heteroatoms. The van der Waals surface area contributed by atoms with Crippen LogP contribution in [-0.4, -0.2) is 66.9 Å². The molecule has 42 heavy (non-hydrogen) atoms. The molecule has 3 aromatic carbocycles. The summed E-state index contributed by atoms with van der Waals surface area (Å²) in [6.45, 7) is 2.67. The maximum atomic E-state index is 13.8. The average Bonchev–Trinajstić information content (AvgIpc) is 3.01. The van der Waals surface area contributed by atoms with Crippen LogP contribution in [0.25, 0.3) is 0 Å². The van der Waals surface area contributed by atoms with E-state index in [0.29, 0.717) is 44.0 Å². The number of urea groups is 1. The van der Waals surface area contributed by atoms with Crippen LogP contribution in [0.4, 0.5) is 20.6 Å². The fraction of sp³-hybridized carbons (Fsp3) is 0.364. The van der Waals surface area contributed by atoms with E-state index in [-0.39, 0.29) is 23.5 Å².